The van der Waals surface area contributed by atoms with Gasteiger partial charge < -0.3 is 15.1 Å². The van der Waals surface area contributed by atoms with Crippen LogP contribution < -0.4 is 15.6 Å². The maximum Gasteiger partial charge on any atom is 0.254 e. The van der Waals surface area contributed by atoms with Crippen LogP contribution in [-0.4, -0.2) is 24.7 Å². The molecule has 2 atom stereocenters. The summed E-state index contributed by atoms with van der Waals surface area (Å²) in [5.41, 5.74) is 1.83. The highest BCUT2D eigenvalue weighted by atomic mass is 32.2. The van der Waals surface area contributed by atoms with Gasteiger partial charge >= 0.3 is 0 Å². The quantitative estimate of drug-likeness (QED) is 0.609. The first kappa shape index (κ1) is 21.5. The summed E-state index contributed by atoms with van der Waals surface area (Å²) in [5, 5.41) is 12.7. The summed E-state index contributed by atoms with van der Waals surface area (Å²) in [5.74, 6) is -0.0813. The molecule has 1 saturated carbocycles. The minimum absolute atomic E-state index is 0.223. The molecule has 2 aromatic rings. The largest absolute Gasteiger partial charge is 0.393 e. The normalized spacial score (nSPS) is 16.9. The molecule has 1 aromatic heterocycles. The number of aliphatic hydroxyl groups excluding tert-OH is 1. The van der Waals surface area contributed by atoms with E-state index in [4.69, 9.17) is 0 Å². The maximum absolute atomic E-state index is 14.5. The second kappa shape index (κ2) is 8.28. The molecule has 1 heterocycles. The minimum Gasteiger partial charge on any atom is -0.393 e. The first-order valence-corrected chi connectivity index (χ1v) is 10.9. The Balaban J connectivity index is 1.96. The molecular weight excluding hydrogens is 393 g/mol. The van der Waals surface area contributed by atoms with Crippen molar-refractivity contribution in [1.82, 2.24) is 4.57 Å². The summed E-state index contributed by atoms with van der Waals surface area (Å²) in [4.78, 5) is 12.5. The van der Waals surface area contributed by atoms with E-state index < -0.39 is 27.7 Å². The van der Waals surface area contributed by atoms with E-state index in [1.165, 1.54) is 10.6 Å². The molecule has 1 aromatic carbocycles. The van der Waals surface area contributed by atoms with E-state index in [9.17, 15) is 18.5 Å². The number of pyridine rings is 1. The summed E-state index contributed by atoms with van der Waals surface area (Å²) in [6.45, 7) is 5.31. The molecule has 0 aliphatic heterocycles. The van der Waals surface area contributed by atoms with Crippen molar-refractivity contribution in [2.45, 2.75) is 57.3 Å². The SMILES string of the molecule is CCc1ccc(Nc2c(NS(=O)C3(CC(C)O)CC3)cc(C)c(=O)n2C)c(F)c1. The molecule has 0 radical (unpaired) electrons. The van der Waals surface area contributed by atoms with Crippen LogP contribution in [0.1, 0.15) is 44.2 Å². The number of benzene rings is 1. The average molecular weight is 422 g/mol. The van der Waals surface area contributed by atoms with E-state index >= 15 is 0 Å². The van der Waals surface area contributed by atoms with Gasteiger partial charge in [0.2, 0.25) is 0 Å². The Bertz CT molecular complexity index is 999. The summed E-state index contributed by atoms with van der Waals surface area (Å²) >= 11 is 0. The van der Waals surface area contributed by atoms with E-state index in [2.05, 4.69) is 10.0 Å². The smallest absolute Gasteiger partial charge is 0.254 e. The van der Waals surface area contributed by atoms with E-state index in [0.29, 0.717) is 23.5 Å². The molecule has 0 amide bonds. The summed E-state index contributed by atoms with van der Waals surface area (Å²) < 4.78 is 31.4. The number of aliphatic hydroxyl groups is 1. The van der Waals surface area contributed by atoms with Crippen molar-refractivity contribution in [3.8, 4) is 0 Å². The van der Waals surface area contributed by atoms with Gasteiger partial charge in [0.05, 0.1) is 22.2 Å². The molecule has 1 aliphatic carbocycles. The Morgan fingerprint density at radius 1 is 1.31 bits per heavy atom. The molecule has 6 nitrogen and oxygen atoms in total. The number of nitrogens with one attached hydrogen (secondary N) is 2. The Hall–Kier alpha value is -2.19. The predicted molar refractivity (Wildman–Crippen MR) is 116 cm³/mol. The number of aromatic nitrogens is 1. The van der Waals surface area contributed by atoms with Crippen LogP contribution >= 0.6 is 0 Å². The lowest BCUT2D eigenvalue weighted by Gasteiger charge is -2.22. The number of halogens is 1. The van der Waals surface area contributed by atoms with E-state index in [0.717, 1.165) is 24.8 Å². The summed E-state index contributed by atoms with van der Waals surface area (Å²) in [6.07, 6.45) is 2.13. The van der Waals surface area contributed by atoms with Crippen molar-refractivity contribution in [2.75, 3.05) is 10.0 Å². The molecule has 29 heavy (non-hydrogen) atoms. The number of aryl methyl sites for hydroxylation is 2. The van der Waals surface area contributed by atoms with E-state index in [-0.39, 0.29) is 11.2 Å². The van der Waals surface area contributed by atoms with Gasteiger partial charge in [0, 0.05) is 12.6 Å². The number of hydrogen-bond acceptors (Lipinski definition) is 4. The second-order valence-corrected chi connectivity index (χ2v) is 9.46. The van der Waals surface area contributed by atoms with Gasteiger partial charge in [-0.3, -0.25) is 9.36 Å². The topological polar surface area (TPSA) is 83.4 Å². The van der Waals surface area contributed by atoms with Gasteiger partial charge in [-0.05, 0) is 63.3 Å². The average Bonchev–Trinajstić information content (AvgIpc) is 3.44. The molecule has 3 N–H and O–H groups in total. The molecule has 0 saturated heterocycles. The van der Waals surface area contributed by atoms with Gasteiger partial charge in [0.1, 0.15) is 22.6 Å². The third-order valence-corrected chi connectivity index (χ3v) is 7.13. The lowest BCUT2D eigenvalue weighted by molar-refractivity contribution is 0.181. The third kappa shape index (κ3) is 4.53. The van der Waals surface area contributed by atoms with Gasteiger partial charge in [-0.15, -0.1) is 0 Å². The van der Waals surface area contributed by atoms with Crippen LogP contribution in [0.15, 0.2) is 29.1 Å². The van der Waals surface area contributed by atoms with Crippen molar-refractivity contribution >= 4 is 28.2 Å². The molecule has 3 rings (SSSR count). The van der Waals surface area contributed by atoms with E-state index in [1.54, 1.807) is 33.0 Å². The van der Waals surface area contributed by atoms with Gasteiger partial charge in [-0.2, -0.15) is 0 Å². The first-order chi connectivity index (χ1) is 13.7. The van der Waals surface area contributed by atoms with Crippen LogP contribution in [0.5, 0.6) is 0 Å². The van der Waals surface area contributed by atoms with Crippen molar-refractivity contribution in [1.29, 1.82) is 0 Å². The highest BCUT2D eigenvalue weighted by Gasteiger charge is 2.49. The Morgan fingerprint density at radius 2 is 2.00 bits per heavy atom. The number of hydrogen-bond donors (Lipinski definition) is 3. The van der Waals surface area contributed by atoms with Crippen molar-refractivity contribution in [3.63, 3.8) is 0 Å². The second-order valence-electron chi connectivity index (χ2n) is 7.85. The molecule has 2 unspecified atom stereocenters. The summed E-state index contributed by atoms with van der Waals surface area (Å²) in [7, 11) is 0.138. The molecule has 1 aliphatic rings. The molecule has 0 bridgehead atoms. The van der Waals surface area contributed by atoms with Gasteiger partial charge in [0.25, 0.3) is 5.56 Å². The number of rotatable bonds is 8. The van der Waals surface area contributed by atoms with E-state index in [1.807, 2.05) is 13.0 Å². The monoisotopic (exact) mass is 421 g/mol. The lowest BCUT2D eigenvalue weighted by atomic mass is 10.1. The Kier molecular flexibility index (Phi) is 6.14. The van der Waals surface area contributed by atoms with Crippen molar-refractivity contribution in [3.05, 3.63) is 51.6 Å². The minimum atomic E-state index is -1.45. The van der Waals surface area contributed by atoms with Gasteiger partial charge in [-0.25, -0.2) is 8.60 Å². The zero-order valence-corrected chi connectivity index (χ0v) is 18.0. The fourth-order valence-corrected chi connectivity index (χ4v) is 4.92. The first-order valence-electron chi connectivity index (χ1n) is 9.79. The van der Waals surface area contributed by atoms with Crippen LogP contribution in [0.25, 0.3) is 0 Å². The van der Waals surface area contributed by atoms with Crippen LogP contribution in [0.4, 0.5) is 21.6 Å². The zero-order valence-electron chi connectivity index (χ0n) is 17.2. The maximum atomic E-state index is 14.5. The van der Waals surface area contributed by atoms with Crippen LogP contribution in [0.3, 0.4) is 0 Å². The molecule has 8 heteroatoms. The molecule has 158 valence electrons. The third-order valence-electron chi connectivity index (χ3n) is 5.36. The fourth-order valence-electron chi connectivity index (χ4n) is 3.48. The standard InChI is InChI=1S/C21H28FN3O3S/c1-5-15-6-7-17(16(22)11-15)23-19-18(10-13(2)20(27)25(19)4)24-29(28)21(8-9-21)12-14(3)26/h6-7,10-11,14,23-24,26H,5,8-9,12H2,1-4H3. The predicted octanol–water partition coefficient (Wildman–Crippen LogP) is 3.52. The molecule has 1 fully saturated rings. The van der Waals surface area contributed by atoms with Crippen LogP contribution in [0, 0.1) is 12.7 Å². The fraction of sp³-hybridized carbons (Fsp3) is 0.476. The molecular formula is C21H28FN3O3S. The van der Waals surface area contributed by atoms with Crippen LogP contribution in [-0.2, 0) is 24.5 Å². The highest BCUT2D eigenvalue weighted by Crippen LogP contribution is 2.46. The summed E-state index contributed by atoms with van der Waals surface area (Å²) in [6, 6.07) is 6.54. The lowest BCUT2D eigenvalue weighted by Crippen LogP contribution is -2.29. The van der Waals surface area contributed by atoms with Gasteiger partial charge in [0.15, 0.2) is 0 Å². The van der Waals surface area contributed by atoms with Gasteiger partial charge in [-0.1, -0.05) is 13.0 Å². The highest BCUT2D eigenvalue weighted by molar-refractivity contribution is 7.88. The molecule has 0 spiro atoms. The number of nitrogens with zero attached hydrogens (tertiary/aromatic N) is 1. The Labute approximate surface area is 172 Å². The number of anilines is 3. The zero-order chi connectivity index (χ0) is 21.3. The Morgan fingerprint density at radius 3 is 2.55 bits per heavy atom. The van der Waals surface area contributed by atoms with Crippen molar-refractivity contribution in [2.24, 2.45) is 7.05 Å². The van der Waals surface area contributed by atoms with Crippen molar-refractivity contribution < 1.29 is 13.7 Å². The van der Waals surface area contributed by atoms with Crippen LogP contribution in [0.2, 0.25) is 0 Å².